The Morgan fingerprint density at radius 2 is 1.84 bits per heavy atom. The molecule has 0 saturated heterocycles. The molecule has 130 valence electrons. The molecule has 5 nitrogen and oxygen atoms in total. The quantitative estimate of drug-likeness (QED) is 0.506. The van der Waals surface area contributed by atoms with Gasteiger partial charge in [0.25, 0.3) is 5.91 Å². The normalized spacial score (nSPS) is 14.7. The predicted octanol–water partition coefficient (Wildman–Crippen LogP) is 3.48. The number of benzene rings is 2. The zero-order valence-electron chi connectivity index (χ0n) is 14.2. The van der Waals surface area contributed by atoms with E-state index in [0.717, 1.165) is 16.2 Å². The van der Waals surface area contributed by atoms with Crippen molar-refractivity contribution < 1.29 is 14.3 Å². The topological polar surface area (TPSA) is 59.9 Å². The third-order valence-corrected chi connectivity index (χ3v) is 4.83. The highest BCUT2D eigenvalue weighted by Gasteiger charge is 2.15. The van der Waals surface area contributed by atoms with Crippen LogP contribution in [0.5, 0.6) is 11.5 Å². The summed E-state index contributed by atoms with van der Waals surface area (Å²) in [5.41, 5.74) is 4.23. The highest BCUT2D eigenvalue weighted by molar-refractivity contribution is 8.00. The summed E-state index contributed by atoms with van der Waals surface area (Å²) in [5.74, 6) is 1.31. The first-order valence-corrected chi connectivity index (χ1v) is 8.97. The highest BCUT2D eigenvalue weighted by atomic mass is 32.2. The largest absolute Gasteiger partial charge is 0.486 e. The molecule has 0 saturated carbocycles. The lowest BCUT2D eigenvalue weighted by molar-refractivity contribution is -0.120. The van der Waals surface area contributed by atoms with Crippen LogP contribution in [0.15, 0.2) is 58.5 Å². The summed E-state index contributed by atoms with van der Waals surface area (Å²) < 4.78 is 11.1. The lowest BCUT2D eigenvalue weighted by Crippen LogP contribution is -2.27. The number of thioether (sulfide) groups is 1. The molecule has 1 atom stereocenters. The van der Waals surface area contributed by atoms with Crippen LogP contribution in [0.4, 0.5) is 0 Å². The smallest absolute Gasteiger partial charge is 0.253 e. The van der Waals surface area contributed by atoms with Crippen LogP contribution in [-0.2, 0) is 4.79 Å². The maximum absolute atomic E-state index is 12.2. The SMILES string of the molecule is C/C(=N/NC(=O)[C@@H](C)Sc1ccccc1)c1ccc2c(c1)OCCO2. The number of amides is 1. The summed E-state index contributed by atoms with van der Waals surface area (Å²) in [6.07, 6.45) is 0. The van der Waals surface area contributed by atoms with Gasteiger partial charge in [-0.2, -0.15) is 5.10 Å². The third-order valence-electron chi connectivity index (χ3n) is 3.72. The van der Waals surface area contributed by atoms with Crippen molar-refractivity contribution in [1.82, 2.24) is 5.43 Å². The Hall–Kier alpha value is -2.47. The zero-order valence-corrected chi connectivity index (χ0v) is 15.0. The molecule has 3 rings (SSSR count). The number of nitrogens with one attached hydrogen (secondary N) is 1. The maximum atomic E-state index is 12.2. The van der Waals surface area contributed by atoms with Crippen molar-refractivity contribution in [2.75, 3.05) is 13.2 Å². The van der Waals surface area contributed by atoms with E-state index in [2.05, 4.69) is 10.5 Å². The van der Waals surface area contributed by atoms with Gasteiger partial charge in [-0.15, -0.1) is 11.8 Å². The fourth-order valence-electron chi connectivity index (χ4n) is 2.32. The van der Waals surface area contributed by atoms with Crippen LogP contribution in [0.1, 0.15) is 19.4 Å². The van der Waals surface area contributed by atoms with Gasteiger partial charge >= 0.3 is 0 Å². The van der Waals surface area contributed by atoms with Crippen LogP contribution in [-0.4, -0.2) is 30.1 Å². The van der Waals surface area contributed by atoms with Gasteiger partial charge in [-0.25, -0.2) is 5.43 Å². The number of ether oxygens (including phenoxy) is 2. The molecular weight excluding hydrogens is 336 g/mol. The number of rotatable bonds is 5. The van der Waals surface area contributed by atoms with E-state index in [-0.39, 0.29) is 11.2 Å². The zero-order chi connectivity index (χ0) is 17.6. The van der Waals surface area contributed by atoms with Crippen LogP contribution in [0.3, 0.4) is 0 Å². The Morgan fingerprint density at radius 3 is 2.60 bits per heavy atom. The monoisotopic (exact) mass is 356 g/mol. The average molecular weight is 356 g/mol. The first-order chi connectivity index (χ1) is 12.1. The molecule has 25 heavy (non-hydrogen) atoms. The molecule has 1 aliphatic heterocycles. The standard InChI is InChI=1S/C19H20N2O3S/c1-13(15-8-9-17-18(12-15)24-11-10-23-17)20-21-19(22)14(2)25-16-6-4-3-5-7-16/h3-9,12,14H,10-11H2,1-2H3,(H,21,22)/b20-13-/t14-/m1/s1. The minimum atomic E-state index is -0.237. The Bertz CT molecular complexity index is 777. The van der Waals surface area contributed by atoms with Crippen LogP contribution in [0.25, 0.3) is 0 Å². The summed E-state index contributed by atoms with van der Waals surface area (Å²) in [7, 11) is 0. The van der Waals surface area contributed by atoms with E-state index < -0.39 is 0 Å². The van der Waals surface area contributed by atoms with Crippen LogP contribution >= 0.6 is 11.8 Å². The molecule has 0 spiro atoms. The minimum Gasteiger partial charge on any atom is -0.486 e. The fourth-order valence-corrected chi connectivity index (χ4v) is 3.20. The summed E-state index contributed by atoms with van der Waals surface area (Å²) in [6, 6.07) is 15.5. The molecule has 2 aromatic carbocycles. The first-order valence-electron chi connectivity index (χ1n) is 8.09. The minimum absolute atomic E-state index is 0.134. The van der Waals surface area contributed by atoms with Crippen molar-refractivity contribution in [3.63, 3.8) is 0 Å². The number of hydrogen-bond donors (Lipinski definition) is 1. The molecule has 0 aromatic heterocycles. The molecule has 1 amide bonds. The molecule has 1 N–H and O–H groups in total. The molecule has 2 aromatic rings. The molecule has 0 aliphatic carbocycles. The van der Waals surface area contributed by atoms with Gasteiger partial charge in [0, 0.05) is 10.5 Å². The van der Waals surface area contributed by atoms with Crippen molar-refractivity contribution in [1.29, 1.82) is 0 Å². The van der Waals surface area contributed by atoms with E-state index in [9.17, 15) is 4.79 Å². The van der Waals surface area contributed by atoms with Gasteiger partial charge in [0.2, 0.25) is 0 Å². The number of hydrogen-bond acceptors (Lipinski definition) is 5. The van der Waals surface area contributed by atoms with Crippen molar-refractivity contribution in [3.05, 3.63) is 54.1 Å². The maximum Gasteiger partial charge on any atom is 0.253 e. The van der Waals surface area contributed by atoms with Crippen LogP contribution < -0.4 is 14.9 Å². The fraction of sp³-hybridized carbons (Fsp3) is 0.263. The highest BCUT2D eigenvalue weighted by Crippen LogP contribution is 2.30. The van der Waals surface area contributed by atoms with Gasteiger partial charge in [-0.1, -0.05) is 18.2 Å². The van der Waals surface area contributed by atoms with Gasteiger partial charge in [0.15, 0.2) is 11.5 Å². The van der Waals surface area contributed by atoms with Gasteiger partial charge in [-0.05, 0) is 44.2 Å². The number of fused-ring (bicyclic) bond motifs is 1. The molecule has 0 unspecified atom stereocenters. The van der Waals surface area contributed by atoms with Crippen molar-refractivity contribution >= 4 is 23.4 Å². The lowest BCUT2D eigenvalue weighted by Gasteiger charge is -2.18. The van der Waals surface area contributed by atoms with E-state index in [0.29, 0.717) is 24.7 Å². The molecule has 0 radical (unpaired) electrons. The Morgan fingerprint density at radius 1 is 1.12 bits per heavy atom. The Labute approximate surface area is 151 Å². The number of hydrazone groups is 1. The van der Waals surface area contributed by atoms with E-state index in [1.807, 2.05) is 62.4 Å². The predicted molar refractivity (Wildman–Crippen MR) is 99.5 cm³/mol. The van der Waals surface area contributed by atoms with Crippen molar-refractivity contribution in [2.45, 2.75) is 24.0 Å². The molecule has 1 aliphatic rings. The molecule has 0 fully saturated rings. The number of carbonyl (C=O) groups is 1. The van der Waals surface area contributed by atoms with E-state index in [1.54, 1.807) is 0 Å². The van der Waals surface area contributed by atoms with E-state index in [4.69, 9.17) is 9.47 Å². The molecule has 0 bridgehead atoms. The van der Waals surface area contributed by atoms with Gasteiger partial charge in [0.1, 0.15) is 13.2 Å². The average Bonchev–Trinajstić information content (AvgIpc) is 2.66. The van der Waals surface area contributed by atoms with Gasteiger partial charge < -0.3 is 9.47 Å². The first kappa shape index (κ1) is 17.4. The second kappa shape index (κ2) is 8.07. The van der Waals surface area contributed by atoms with Crippen LogP contribution in [0.2, 0.25) is 0 Å². The second-order valence-corrected chi connectivity index (χ2v) is 7.02. The van der Waals surface area contributed by atoms with E-state index >= 15 is 0 Å². The van der Waals surface area contributed by atoms with Crippen molar-refractivity contribution in [3.8, 4) is 11.5 Å². The summed E-state index contributed by atoms with van der Waals surface area (Å²) in [4.78, 5) is 13.3. The number of nitrogens with zero attached hydrogens (tertiary/aromatic N) is 1. The summed E-state index contributed by atoms with van der Waals surface area (Å²) in [6.45, 7) is 4.81. The van der Waals surface area contributed by atoms with Gasteiger partial charge in [-0.3, -0.25) is 4.79 Å². The molecule has 6 heteroatoms. The van der Waals surface area contributed by atoms with E-state index in [1.165, 1.54) is 11.8 Å². The number of carbonyl (C=O) groups excluding carboxylic acids is 1. The van der Waals surface area contributed by atoms with Crippen molar-refractivity contribution in [2.24, 2.45) is 5.10 Å². The second-order valence-electron chi connectivity index (χ2n) is 5.60. The third kappa shape index (κ3) is 4.54. The Kier molecular flexibility index (Phi) is 5.60. The molecule has 1 heterocycles. The van der Waals surface area contributed by atoms with Gasteiger partial charge in [0.05, 0.1) is 11.0 Å². The van der Waals surface area contributed by atoms with Crippen LogP contribution in [0, 0.1) is 0 Å². The lowest BCUT2D eigenvalue weighted by atomic mass is 10.1. The summed E-state index contributed by atoms with van der Waals surface area (Å²) >= 11 is 1.50. The summed E-state index contributed by atoms with van der Waals surface area (Å²) in [5, 5.41) is 3.98. The Balaban J connectivity index is 1.61. The molecular formula is C19H20N2O3S.